The number of nitrogens with zero attached hydrogens (tertiary/aromatic N) is 3. The molecule has 6 heteroatoms. The number of carbonyl (C=O) groups is 1. The summed E-state index contributed by atoms with van der Waals surface area (Å²) in [6, 6.07) is 2.02. The first kappa shape index (κ1) is 17.4. The van der Waals surface area contributed by atoms with Gasteiger partial charge in [0.25, 0.3) is 5.91 Å². The third kappa shape index (κ3) is 3.88. The summed E-state index contributed by atoms with van der Waals surface area (Å²) in [5.41, 5.74) is 7.96. The van der Waals surface area contributed by atoms with Gasteiger partial charge in [0.1, 0.15) is 0 Å². The van der Waals surface area contributed by atoms with Gasteiger partial charge in [-0.05, 0) is 33.3 Å². The molecule has 0 bridgehead atoms. The fraction of sp³-hybridized carbons (Fsp3) is 0.588. The molecule has 2 aromatic heterocycles. The van der Waals surface area contributed by atoms with Crippen LogP contribution in [0.5, 0.6) is 0 Å². The van der Waals surface area contributed by atoms with Gasteiger partial charge in [0.05, 0.1) is 17.1 Å². The van der Waals surface area contributed by atoms with E-state index in [9.17, 15) is 4.79 Å². The number of nitrogens with two attached hydrogens (primary N) is 1. The lowest BCUT2D eigenvalue weighted by molar-refractivity contribution is 0.0937. The van der Waals surface area contributed by atoms with E-state index in [0.29, 0.717) is 12.1 Å². The molecule has 3 N–H and O–H groups in total. The summed E-state index contributed by atoms with van der Waals surface area (Å²) >= 11 is 0. The van der Waals surface area contributed by atoms with Crippen molar-refractivity contribution in [2.45, 2.75) is 59.0 Å². The number of hydrogen-bond donors (Lipinski definition) is 2. The van der Waals surface area contributed by atoms with Crippen LogP contribution in [0, 0.1) is 6.92 Å². The molecule has 126 valence electrons. The molecule has 0 aromatic carbocycles. The molecule has 2 heterocycles. The van der Waals surface area contributed by atoms with E-state index in [1.54, 1.807) is 6.20 Å². The van der Waals surface area contributed by atoms with Crippen LogP contribution in [-0.4, -0.2) is 33.3 Å². The molecule has 6 nitrogen and oxygen atoms in total. The molecule has 2 aromatic rings. The van der Waals surface area contributed by atoms with Gasteiger partial charge in [-0.3, -0.25) is 4.79 Å². The van der Waals surface area contributed by atoms with Crippen molar-refractivity contribution in [1.29, 1.82) is 0 Å². The molecule has 1 amide bonds. The highest BCUT2D eigenvalue weighted by molar-refractivity contribution is 6.05. The highest BCUT2D eigenvalue weighted by atomic mass is 16.1. The SMILES string of the molecule is CCCCC(CN)NC(=O)c1cc(C)nc2c1cnn2C(C)C. The molecule has 0 radical (unpaired) electrons. The number of aryl methyl sites for hydroxylation is 1. The molecular formula is C17H27N5O. The van der Waals surface area contributed by atoms with Crippen molar-refractivity contribution in [3.05, 3.63) is 23.5 Å². The minimum atomic E-state index is -0.102. The van der Waals surface area contributed by atoms with Gasteiger partial charge in [-0.2, -0.15) is 5.10 Å². The quantitative estimate of drug-likeness (QED) is 0.822. The van der Waals surface area contributed by atoms with E-state index in [1.165, 1.54) is 0 Å². The third-order valence-electron chi connectivity index (χ3n) is 3.95. The fourth-order valence-corrected chi connectivity index (χ4v) is 2.67. The number of unbranched alkanes of at least 4 members (excludes halogenated alkanes) is 1. The van der Waals surface area contributed by atoms with Crippen LogP contribution >= 0.6 is 0 Å². The van der Waals surface area contributed by atoms with E-state index in [0.717, 1.165) is 36.0 Å². The lowest BCUT2D eigenvalue weighted by atomic mass is 10.1. The maximum Gasteiger partial charge on any atom is 0.252 e. The topological polar surface area (TPSA) is 85.8 Å². The summed E-state index contributed by atoms with van der Waals surface area (Å²) in [6.07, 6.45) is 4.77. The normalized spacial score (nSPS) is 12.8. The molecular weight excluding hydrogens is 290 g/mol. The highest BCUT2D eigenvalue weighted by Gasteiger charge is 2.18. The largest absolute Gasteiger partial charge is 0.348 e. The average molecular weight is 317 g/mol. The standard InChI is InChI=1S/C17H27N5O/c1-5-6-7-13(9-18)21-17(23)14-8-12(4)20-16-15(14)10-19-22(16)11(2)3/h8,10-11,13H,5-7,9,18H2,1-4H3,(H,21,23). The van der Waals surface area contributed by atoms with Crippen LogP contribution in [0.1, 0.15) is 62.1 Å². The second kappa shape index (κ2) is 7.55. The van der Waals surface area contributed by atoms with Gasteiger partial charge < -0.3 is 11.1 Å². The zero-order chi connectivity index (χ0) is 17.0. The van der Waals surface area contributed by atoms with Gasteiger partial charge in [-0.25, -0.2) is 9.67 Å². The molecule has 2 rings (SSSR count). The fourth-order valence-electron chi connectivity index (χ4n) is 2.67. The van der Waals surface area contributed by atoms with Crippen LogP contribution in [0.25, 0.3) is 11.0 Å². The Kier molecular flexibility index (Phi) is 5.71. The summed E-state index contributed by atoms with van der Waals surface area (Å²) in [5.74, 6) is -0.102. The Bertz CT molecular complexity index is 677. The summed E-state index contributed by atoms with van der Waals surface area (Å²) < 4.78 is 1.84. The molecule has 23 heavy (non-hydrogen) atoms. The van der Waals surface area contributed by atoms with Gasteiger partial charge in [-0.1, -0.05) is 19.8 Å². The molecule has 0 spiro atoms. The number of fused-ring (bicyclic) bond motifs is 1. The van der Waals surface area contributed by atoms with Crippen LogP contribution in [0.2, 0.25) is 0 Å². The molecule has 0 saturated heterocycles. The van der Waals surface area contributed by atoms with Gasteiger partial charge in [0, 0.05) is 24.3 Å². The smallest absolute Gasteiger partial charge is 0.252 e. The van der Waals surface area contributed by atoms with E-state index in [2.05, 4.69) is 22.3 Å². The monoisotopic (exact) mass is 317 g/mol. The van der Waals surface area contributed by atoms with E-state index in [1.807, 2.05) is 31.5 Å². The Morgan fingerprint density at radius 2 is 2.17 bits per heavy atom. The second-order valence-corrected chi connectivity index (χ2v) is 6.28. The average Bonchev–Trinajstić information content (AvgIpc) is 2.94. The van der Waals surface area contributed by atoms with Crippen molar-refractivity contribution >= 4 is 16.9 Å². The maximum atomic E-state index is 12.7. The van der Waals surface area contributed by atoms with Crippen LogP contribution in [-0.2, 0) is 0 Å². The van der Waals surface area contributed by atoms with Crippen molar-refractivity contribution in [2.24, 2.45) is 5.73 Å². The first-order chi connectivity index (χ1) is 11.0. The van der Waals surface area contributed by atoms with Crippen LogP contribution in [0.3, 0.4) is 0 Å². The first-order valence-corrected chi connectivity index (χ1v) is 8.33. The molecule has 0 aliphatic rings. The number of carbonyl (C=O) groups excluding carboxylic acids is 1. The molecule has 0 aliphatic carbocycles. The zero-order valence-corrected chi connectivity index (χ0v) is 14.5. The zero-order valence-electron chi connectivity index (χ0n) is 14.5. The molecule has 0 fully saturated rings. The third-order valence-corrected chi connectivity index (χ3v) is 3.95. The van der Waals surface area contributed by atoms with Crippen molar-refractivity contribution in [3.63, 3.8) is 0 Å². The highest BCUT2D eigenvalue weighted by Crippen LogP contribution is 2.21. The van der Waals surface area contributed by atoms with Gasteiger partial charge in [0.2, 0.25) is 0 Å². The minimum Gasteiger partial charge on any atom is -0.348 e. The number of rotatable bonds is 7. The van der Waals surface area contributed by atoms with Crippen molar-refractivity contribution < 1.29 is 4.79 Å². The van der Waals surface area contributed by atoms with Gasteiger partial charge in [-0.15, -0.1) is 0 Å². The number of amides is 1. The van der Waals surface area contributed by atoms with Gasteiger partial charge in [0.15, 0.2) is 5.65 Å². The molecule has 1 unspecified atom stereocenters. The summed E-state index contributed by atoms with van der Waals surface area (Å²) in [4.78, 5) is 17.2. The van der Waals surface area contributed by atoms with Crippen LogP contribution in [0.15, 0.2) is 12.3 Å². The molecule has 0 aliphatic heterocycles. The Morgan fingerprint density at radius 1 is 1.43 bits per heavy atom. The summed E-state index contributed by atoms with van der Waals surface area (Å²) in [6.45, 7) is 8.57. The van der Waals surface area contributed by atoms with Gasteiger partial charge >= 0.3 is 0 Å². The Labute approximate surface area is 137 Å². The summed E-state index contributed by atoms with van der Waals surface area (Å²) in [7, 11) is 0. The van der Waals surface area contributed by atoms with Crippen LogP contribution < -0.4 is 11.1 Å². The van der Waals surface area contributed by atoms with E-state index < -0.39 is 0 Å². The van der Waals surface area contributed by atoms with E-state index in [-0.39, 0.29) is 18.0 Å². The van der Waals surface area contributed by atoms with Crippen molar-refractivity contribution in [3.8, 4) is 0 Å². The van der Waals surface area contributed by atoms with E-state index >= 15 is 0 Å². The number of nitrogens with one attached hydrogen (secondary N) is 1. The Balaban J connectivity index is 2.33. The predicted octanol–water partition coefficient (Wildman–Crippen LogP) is 2.57. The molecule has 1 atom stereocenters. The Morgan fingerprint density at radius 3 is 2.78 bits per heavy atom. The second-order valence-electron chi connectivity index (χ2n) is 6.28. The number of hydrogen-bond acceptors (Lipinski definition) is 4. The van der Waals surface area contributed by atoms with Crippen molar-refractivity contribution in [1.82, 2.24) is 20.1 Å². The predicted molar refractivity (Wildman–Crippen MR) is 92.5 cm³/mol. The first-order valence-electron chi connectivity index (χ1n) is 8.33. The van der Waals surface area contributed by atoms with E-state index in [4.69, 9.17) is 5.73 Å². The maximum absolute atomic E-state index is 12.7. The van der Waals surface area contributed by atoms with Crippen LogP contribution in [0.4, 0.5) is 0 Å². The Hall–Kier alpha value is -1.95. The summed E-state index contributed by atoms with van der Waals surface area (Å²) in [5, 5.41) is 8.21. The lowest BCUT2D eigenvalue weighted by Crippen LogP contribution is -2.40. The number of pyridine rings is 1. The molecule has 0 saturated carbocycles. The minimum absolute atomic E-state index is 0.00566. The number of aromatic nitrogens is 3. The lowest BCUT2D eigenvalue weighted by Gasteiger charge is -2.17. The van der Waals surface area contributed by atoms with Crippen molar-refractivity contribution in [2.75, 3.05) is 6.54 Å².